The van der Waals surface area contributed by atoms with Crippen molar-refractivity contribution in [1.29, 1.82) is 0 Å². The van der Waals surface area contributed by atoms with Gasteiger partial charge in [-0.15, -0.1) is 11.8 Å². The van der Waals surface area contributed by atoms with Gasteiger partial charge in [0.2, 0.25) is 0 Å². The monoisotopic (exact) mass is 685 g/mol. The zero-order chi connectivity index (χ0) is 32.0. The van der Waals surface area contributed by atoms with Crippen LogP contribution in [-0.4, -0.2) is 33.8 Å². The summed E-state index contributed by atoms with van der Waals surface area (Å²) in [5.41, 5.74) is 5.55. The Kier molecular flexibility index (Phi) is 11.4. The van der Waals surface area contributed by atoms with Crippen LogP contribution in [0.5, 0.6) is 5.75 Å². The van der Waals surface area contributed by atoms with Gasteiger partial charge >= 0.3 is 0 Å². The van der Waals surface area contributed by atoms with Gasteiger partial charge in [-0.25, -0.2) is 0 Å². The molecule has 1 aliphatic heterocycles. The molecular formula is C35H34Cl3NO5S. The summed E-state index contributed by atoms with van der Waals surface area (Å²) >= 11 is 18.9. The van der Waals surface area contributed by atoms with Gasteiger partial charge in [-0.1, -0.05) is 127 Å². The molecule has 4 aromatic carbocycles. The van der Waals surface area contributed by atoms with Gasteiger partial charge in [0.15, 0.2) is 6.29 Å². The van der Waals surface area contributed by atoms with Gasteiger partial charge in [0.25, 0.3) is 9.70 Å². The number of benzene rings is 4. The Morgan fingerprint density at radius 3 is 2.27 bits per heavy atom. The number of carbonyl (C=O) groups is 1. The average molecular weight is 687 g/mol. The van der Waals surface area contributed by atoms with E-state index in [4.69, 9.17) is 49.0 Å². The number of rotatable bonds is 10. The zero-order valence-electron chi connectivity index (χ0n) is 24.8. The average Bonchev–Trinajstić information content (AvgIpc) is 3.06. The first-order chi connectivity index (χ1) is 21.7. The van der Waals surface area contributed by atoms with E-state index in [2.05, 4.69) is 18.3 Å². The normalized spacial score (nSPS) is 20.0. The van der Waals surface area contributed by atoms with Crippen LogP contribution in [0.25, 0.3) is 11.1 Å². The summed E-state index contributed by atoms with van der Waals surface area (Å²) < 4.78 is 16.8. The van der Waals surface area contributed by atoms with Crippen LogP contribution in [0, 0.1) is 5.92 Å². The number of nitrogens with one attached hydrogen (secondary N) is 1. The van der Waals surface area contributed by atoms with Crippen LogP contribution in [0.2, 0.25) is 0 Å². The first kappa shape index (κ1) is 33.6. The molecule has 0 aromatic heterocycles. The minimum absolute atomic E-state index is 0.0139. The molecule has 1 heterocycles. The van der Waals surface area contributed by atoms with Gasteiger partial charge in [-0.3, -0.25) is 4.79 Å². The third-order valence-corrected chi connectivity index (χ3v) is 9.46. The Bertz CT molecular complexity index is 1580. The van der Waals surface area contributed by atoms with Crippen LogP contribution in [0.4, 0.5) is 0 Å². The highest BCUT2D eigenvalue weighted by Crippen LogP contribution is 2.44. The number of alkyl halides is 3. The Morgan fingerprint density at radius 2 is 1.58 bits per heavy atom. The summed E-state index contributed by atoms with van der Waals surface area (Å²) in [4.78, 5) is 13.2. The molecule has 6 nitrogen and oxygen atoms in total. The van der Waals surface area contributed by atoms with Crippen molar-refractivity contribution in [3.05, 3.63) is 119 Å². The van der Waals surface area contributed by atoms with Gasteiger partial charge < -0.3 is 24.6 Å². The quantitative estimate of drug-likeness (QED) is 0.129. The first-order valence-corrected chi connectivity index (χ1v) is 16.6. The predicted octanol–water partition coefficient (Wildman–Crippen LogP) is 8.42. The fourth-order valence-corrected chi connectivity index (χ4v) is 6.67. The number of ether oxygens (including phenoxy) is 3. The molecule has 1 amide bonds. The number of aliphatic hydroxyl groups excluding tert-OH is 1. The van der Waals surface area contributed by atoms with Crippen LogP contribution >= 0.6 is 46.6 Å². The third-order valence-electron chi connectivity index (χ3n) is 7.80. The maximum absolute atomic E-state index is 12.1. The van der Waals surface area contributed by atoms with Gasteiger partial charge in [-0.05, 0) is 39.9 Å². The van der Waals surface area contributed by atoms with E-state index in [-0.39, 0.29) is 31.3 Å². The van der Waals surface area contributed by atoms with Crippen molar-refractivity contribution in [3.8, 4) is 16.9 Å². The molecule has 4 atom stereocenters. The number of methoxy groups -OCH3 is 1. The lowest BCUT2D eigenvalue weighted by Crippen LogP contribution is -2.38. The Hall–Kier alpha value is -2.75. The van der Waals surface area contributed by atoms with Crippen molar-refractivity contribution in [2.45, 2.75) is 47.3 Å². The molecule has 10 heteroatoms. The number of amides is 1. The topological polar surface area (TPSA) is 77.0 Å². The van der Waals surface area contributed by atoms with Gasteiger partial charge in [0.05, 0.1) is 25.9 Å². The largest absolute Gasteiger partial charge is 0.496 e. The van der Waals surface area contributed by atoms with E-state index in [0.717, 1.165) is 44.0 Å². The van der Waals surface area contributed by atoms with Crippen molar-refractivity contribution >= 4 is 52.5 Å². The van der Waals surface area contributed by atoms with Crippen LogP contribution in [0.15, 0.2) is 102 Å². The third kappa shape index (κ3) is 8.35. The second kappa shape index (κ2) is 15.2. The van der Waals surface area contributed by atoms with E-state index in [9.17, 15) is 9.90 Å². The Balaban J connectivity index is 1.38. The molecule has 236 valence electrons. The minimum atomic E-state index is -2.03. The van der Waals surface area contributed by atoms with E-state index in [1.807, 2.05) is 91.0 Å². The predicted molar refractivity (Wildman–Crippen MR) is 181 cm³/mol. The van der Waals surface area contributed by atoms with Crippen LogP contribution in [-0.2, 0) is 27.4 Å². The SMILES string of the molecule is COc1ccccc1SCC1OC(c2ccc(-c3ccccc3CNC(=O)C(Cl)(Cl)Cl)cc2)OC(c2ccc(CO)cc2)C1C. The summed E-state index contributed by atoms with van der Waals surface area (Å²) in [6, 6.07) is 31.6. The van der Waals surface area contributed by atoms with Crippen molar-refractivity contribution in [1.82, 2.24) is 5.32 Å². The Labute approximate surface area is 282 Å². The molecule has 1 saturated heterocycles. The minimum Gasteiger partial charge on any atom is -0.496 e. The lowest BCUT2D eigenvalue weighted by Gasteiger charge is -2.41. The lowest BCUT2D eigenvalue weighted by molar-refractivity contribution is -0.268. The molecule has 45 heavy (non-hydrogen) atoms. The van der Waals surface area contributed by atoms with Crippen molar-refractivity contribution in [3.63, 3.8) is 0 Å². The summed E-state index contributed by atoms with van der Waals surface area (Å²) in [7, 11) is 1.68. The molecule has 0 spiro atoms. The lowest BCUT2D eigenvalue weighted by atomic mass is 9.91. The maximum atomic E-state index is 12.1. The molecule has 1 aliphatic rings. The highest BCUT2D eigenvalue weighted by Gasteiger charge is 2.38. The van der Waals surface area contributed by atoms with Crippen molar-refractivity contribution in [2.24, 2.45) is 5.92 Å². The molecule has 4 unspecified atom stereocenters. The standard InChI is InChI=1S/C35H34Cl3NO5S/c1-22-30(21-45-31-10-6-5-9-29(31)42-2)43-33(44-32(22)25-13-11-23(20-40)12-14-25)26-17-15-24(16-18-26)28-8-4-3-7-27(28)19-39-34(41)35(36,37)38/h3-18,22,30,32-33,40H,19-21H2,1-2H3,(H,39,41). The molecule has 4 aromatic rings. The van der Waals surface area contributed by atoms with E-state index in [0.29, 0.717) is 5.75 Å². The fraction of sp³-hybridized carbons (Fsp3) is 0.286. The molecule has 0 saturated carbocycles. The fourth-order valence-electron chi connectivity index (χ4n) is 5.27. The summed E-state index contributed by atoms with van der Waals surface area (Å²) in [5.74, 6) is 0.908. The van der Waals surface area contributed by atoms with Crippen molar-refractivity contribution < 1.29 is 24.1 Å². The van der Waals surface area contributed by atoms with E-state index < -0.39 is 16.0 Å². The van der Waals surface area contributed by atoms with Crippen LogP contribution in [0.3, 0.4) is 0 Å². The van der Waals surface area contributed by atoms with E-state index >= 15 is 0 Å². The van der Waals surface area contributed by atoms with Gasteiger partial charge in [0, 0.05) is 28.7 Å². The number of halogens is 3. The zero-order valence-corrected chi connectivity index (χ0v) is 27.9. The second-order valence-corrected chi connectivity index (χ2v) is 14.1. The summed E-state index contributed by atoms with van der Waals surface area (Å²) in [6.45, 7) is 2.34. The Morgan fingerprint density at radius 1 is 0.911 bits per heavy atom. The molecule has 1 fully saturated rings. The molecule has 0 bridgehead atoms. The van der Waals surface area contributed by atoms with E-state index in [1.54, 1.807) is 18.9 Å². The molecular weight excluding hydrogens is 653 g/mol. The highest BCUT2D eigenvalue weighted by atomic mass is 35.6. The van der Waals surface area contributed by atoms with Gasteiger partial charge in [-0.2, -0.15) is 0 Å². The second-order valence-electron chi connectivity index (χ2n) is 10.7. The van der Waals surface area contributed by atoms with Gasteiger partial charge in [0.1, 0.15) is 5.75 Å². The van der Waals surface area contributed by atoms with Crippen LogP contribution in [0.1, 0.15) is 41.6 Å². The van der Waals surface area contributed by atoms with Crippen LogP contribution < -0.4 is 10.1 Å². The highest BCUT2D eigenvalue weighted by molar-refractivity contribution is 7.99. The number of aliphatic hydroxyl groups is 1. The molecule has 0 aliphatic carbocycles. The number of para-hydroxylation sites is 1. The number of carbonyl (C=O) groups excluding carboxylic acids is 1. The van der Waals surface area contributed by atoms with E-state index in [1.165, 1.54) is 0 Å². The van der Waals surface area contributed by atoms with Crippen molar-refractivity contribution in [2.75, 3.05) is 12.9 Å². The first-order valence-electron chi connectivity index (χ1n) is 14.5. The summed E-state index contributed by atoms with van der Waals surface area (Å²) in [6.07, 6.45) is -0.940. The number of hydrogen-bond donors (Lipinski definition) is 2. The molecule has 2 N–H and O–H groups in total. The number of thioether (sulfide) groups is 1. The smallest absolute Gasteiger partial charge is 0.272 e. The molecule has 5 rings (SSSR count). The maximum Gasteiger partial charge on any atom is 0.272 e. The molecule has 0 radical (unpaired) electrons. The summed E-state index contributed by atoms with van der Waals surface area (Å²) in [5, 5.41) is 12.2. The number of hydrogen-bond acceptors (Lipinski definition) is 6.